The van der Waals surface area contributed by atoms with Crippen molar-refractivity contribution in [2.75, 3.05) is 10.4 Å². The first-order chi connectivity index (χ1) is 10.6. The number of phenolic OH excluding ortho intramolecular Hbond substituents is 1. The summed E-state index contributed by atoms with van der Waals surface area (Å²) in [5.74, 6) is 0.262. The highest BCUT2D eigenvalue weighted by molar-refractivity contribution is 6.71. The summed E-state index contributed by atoms with van der Waals surface area (Å²) in [6.45, 7) is 1.71. The van der Waals surface area contributed by atoms with Crippen LogP contribution in [0.1, 0.15) is 6.92 Å². The summed E-state index contributed by atoms with van der Waals surface area (Å²) >= 11 is 0. The van der Waals surface area contributed by atoms with Crippen molar-refractivity contribution < 1.29 is 9.90 Å². The topological polar surface area (TPSA) is 90.2 Å². The second kappa shape index (κ2) is 5.65. The molecule has 2 heterocycles. The van der Waals surface area contributed by atoms with Crippen molar-refractivity contribution in [2.24, 2.45) is 10.2 Å². The number of aromatic hydroxyl groups is 1. The van der Waals surface area contributed by atoms with Crippen molar-refractivity contribution in [1.29, 1.82) is 0 Å². The predicted molar refractivity (Wildman–Crippen MR) is 84.0 cm³/mol. The van der Waals surface area contributed by atoms with Crippen LogP contribution in [0, 0.1) is 0 Å². The number of rotatable bonds is 3. The number of nitrogens with one attached hydrogen (secondary N) is 1. The van der Waals surface area contributed by atoms with Crippen LogP contribution in [-0.4, -0.2) is 27.4 Å². The van der Waals surface area contributed by atoms with Gasteiger partial charge in [0.25, 0.3) is 0 Å². The van der Waals surface area contributed by atoms with E-state index < -0.39 is 0 Å². The lowest BCUT2D eigenvalue weighted by molar-refractivity contribution is -0.112. The largest absolute Gasteiger partial charge is 0.508 e. The normalized spacial score (nSPS) is 16.0. The van der Waals surface area contributed by atoms with Crippen molar-refractivity contribution in [3.8, 4) is 5.75 Å². The molecule has 0 atom stereocenters. The predicted octanol–water partition coefficient (Wildman–Crippen LogP) is 1.98. The zero-order chi connectivity index (χ0) is 15.5. The zero-order valence-corrected chi connectivity index (χ0v) is 11.8. The van der Waals surface area contributed by atoms with E-state index in [4.69, 9.17) is 0 Å². The van der Waals surface area contributed by atoms with Crippen molar-refractivity contribution in [3.63, 3.8) is 0 Å². The lowest BCUT2D eigenvalue weighted by Gasteiger charge is -2.09. The molecule has 22 heavy (non-hydrogen) atoms. The fourth-order valence-electron chi connectivity index (χ4n) is 1.92. The molecule has 7 heteroatoms. The van der Waals surface area contributed by atoms with Gasteiger partial charge in [-0.1, -0.05) is 6.07 Å². The molecule has 0 bridgehead atoms. The summed E-state index contributed by atoms with van der Waals surface area (Å²) in [7, 11) is 0. The Hall–Kier alpha value is -3.22. The molecule has 0 aliphatic carbocycles. The number of carbonyl (C=O) groups is 1. The first kappa shape index (κ1) is 13.7. The Bertz CT molecular complexity index is 753. The van der Waals surface area contributed by atoms with Gasteiger partial charge in [0.1, 0.15) is 5.75 Å². The Kier molecular flexibility index (Phi) is 3.53. The summed E-state index contributed by atoms with van der Waals surface area (Å²) < 4.78 is 0. The Morgan fingerprint density at radius 3 is 2.64 bits per heavy atom. The van der Waals surface area contributed by atoms with Crippen LogP contribution >= 0.6 is 0 Å². The third-order valence-electron chi connectivity index (χ3n) is 3.02. The minimum atomic E-state index is -0.345. The summed E-state index contributed by atoms with van der Waals surface area (Å²) in [5, 5.41) is 18.7. The SMILES string of the molecule is CC1=NN(c2ccccn2)C(=O)/C1=N/Nc1ccc(O)cc1. The van der Waals surface area contributed by atoms with Gasteiger partial charge in [-0.3, -0.25) is 10.2 Å². The number of benzene rings is 1. The first-order valence-electron chi connectivity index (χ1n) is 6.59. The fourth-order valence-corrected chi connectivity index (χ4v) is 1.92. The quantitative estimate of drug-likeness (QED) is 0.669. The Balaban J connectivity index is 1.81. The number of phenols is 1. The van der Waals surface area contributed by atoms with E-state index >= 15 is 0 Å². The molecule has 7 nitrogen and oxygen atoms in total. The van der Waals surface area contributed by atoms with Crippen molar-refractivity contribution in [3.05, 3.63) is 48.7 Å². The van der Waals surface area contributed by atoms with Crippen LogP contribution < -0.4 is 10.4 Å². The fraction of sp³-hybridized carbons (Fsp3) is 0.0667. The average molecular weight is 295 g/mol. The van der Waals surface area contributed by atoms with Gasteiger partial charge in [-0.25, -0.2) is 4.98 Å². The highest BCUT2D eigenvalue weighted by Gasteiger charge is 2.31. The van der Waals surface area contributed by atoms with Crippen molar-refractivity contribution in [1.82, 2.24) is 4.98 Å². The second-order valence-electron chi connectivity index (χ2n) is 4.61. The maximum Gasteiger partial charge on any atom is 0.302 e. The van der Waals surface area contributed by atoms with Gasteiger partial charge >= 0.3 is 5.91 Å². The van der Waals surface area contributed by atoms with E-state index in [1.807, 2.05) is 0 Å². The van der Waals surface area contributed by atoms with Crippen LogP contribution in [0.25, 0.3) is 0 Å². The van der Waals surface area contributed by atoms with E-state index in [1.165, 1.54) is 17.1 Å². The van der Waals surface area contributed by atoms with Gasteiger partial charge in [0, 0.05) is 6.20 Å². The minimum absolute atomic E-state index is 0.161. The number of nitrogens with zero attached hydrogens (tertiary/aromatic N) is 4. The molecule has 2 aromatic rings. The molecule has 1 aromatic carbocycles. The first-order valence-corrected chi connectivity index (χ1v) is 6.59. The minimum Gasteiger partial charge on any atom is -0.508 e. The number of aromatic nitrogens is 1. The lowest BCUT2D eigenvalue weighted by atomic mass is 10.2. The molecule has 0 radical (unpaired) electrons. The molecule has 2 N–H and O–H groups in total. The Morgan fingerprint density at radius 2 is 1.95 bits per heavy atom. The number of hydrogen-bond donors (Lipinski definition) is 2. The van der Waals surface area contributed by atoms with E-state index in [-0.39, 0.29) is 17.4 Å². The molecular weight excluding hydrogens is 282 g/mol. The van der Waals surface area contributed by atoms with Crippen LogP contribution in [0.15, 0.2) is 58.9 Å². The van der Waals surface area contributed by atoms with E-state index in [9.17, 15) is 9.90 Å². The van der Waals surface area contributed by atoms with Crippen LogP contribution in [0.4, 0.5) is 11.5 Å². The maximum absolute atomic E-state index is 12.4. The third-order valence-corrected chi connectivity index (χ3v) is 3.02. The van der Waals surface area contributed by atoms with E-state index in [1.54, 1.807) is 43.5 Å². The van der Waals surface area contributed by atoms with Gasteiger partial charge in [-0.05, 0) is 43.3 Å². The highest BCUT2D eigenvalue weighted by atomic mass is 16.3. The Morgan fingerprint density at radius 1 is 1.18 bits per heavy atom. The van der Waals surface area contributed by atoms with Gasteiger partial charge in [0.2, 0.25) is 0 Å². The molecule has 3 rings (SSSR count). The molecule has 0 saturated heterocycles. The molecule has 0 fully saturated rings. The molecular formula is C15H13N5O2. The van der Waals surface area contributed by atoms with Crippen molar-refractivity contribution in [2.45, 2.75) is 6.92 Å². The van der Waals surface area contributed by atoms with E-state index in [0.29, 0.717) is 17.2 Å². The molecule has 110 valence electrons. The van der Waals surface area contributed by atoms with Crippen LogP contribution in [-0.2, 0) is 4.79 Å². The number of hydrazone groups is 2. The standard InChI is InChI=1S/C15H13N5O2/c1-10-14(18-17-11-5-7-12(21)8-6-11)15(22)20(19-10)13-4-2-3-9-16-13/h2-9,17,21H,1H3/b18-14+. The second-order valence-corrected chi connectivity index (χ2v) is 4.61. The summed E-state index contributed by atoms with van der Waals surface area (Å²) in [5.41, 5.74) is 4.15. The maximum atomic E-state index is 12.4. The number of amides is 1. The van der Waals surface area contributed by atoms with Gasteiger partial charge in [0.05, 0.1) is 11.4 Å². The van der Waals surface area contributed by atoms with Crippen LogP contribution in [0.5, 0.6) is 5.75 Å². The summed E-state index contributed by atoms with van der Waals surface area (Å²) in [4.78, 5) is 16.5. The molecule has 0 saturated carbocycles. The van der Waals surface area contributed by atoms with E-state index in [2.05, 4.69) is 20.6 Å². The third kappa shape index (κ3) is 2.64. The lowest BCUT2D eigenvalue weighted by Crippen LogP contribution is -2.28. The molecule has 1 aliphatic rings. The van der Waals surface area contributed by atoms with Gasteiger partial charge in [-0.15, -0.1) is 0 Å². The number of pyridine rings is 1. The summed E-state index contributed by atoms with van der Waals surface area (Å²) in [6, 6.07) is 11.6. The zero-order valence-electron chi connectivity index (χ0n) is 11.8. The number of carbonyl (C=O) groups excluding carboxylic acids is 1. The number of hydrogen-bond acceptors (Lipinski definition) is 6. The monoisotopic (exact) mass is 295 g/mol. The van der Waals surface area contributed by atoms with Crippen molar-refractivity contribution >= 4 is 28.8 Å². The van der Waals surface area contributed by atoms with E-state index in [0.717, 1.165) is 0 Å². The smallest absolute Gasteiger partial charge is 0.302 e. The van der Waals surface area contributed by atoms with Crippen LogP contribution in [0.3, 0.4) is 0 Å². The van der Waals surface area contributed by atoms with Gasteiger partial charge in [-0.2, -0.15) is 15.2 Å². The average Bonchev–Trinajstić information content (AvgIpc) is 2.82. The molecule has 1 aromatic heterocycles. The highest BCUT2D eigenvalue weighted by Crippen LogP contribution is 2.17. The molecule has 1 amide bonds. The van der Waals surface area contributed by atoms with Gasteiger partial charge in [0.15, 0.2) is 11.5 Å². The molecule has 1 aliphatic heterocycles. The van der Waals surface area contributed by atoms with Gasteiger partial charge < -0.3 is 5.11 Å². The Labute approximate surface area is 126 Å². The summed E-state index contributed by atoms with van der Waals surface area (Å²) in [6.07, 6.45) is 1.59. The van der Waals surface area contributed by atoms with Crippen LogP contribution in [0.2, 0.25) is 0 Å². The molecule has 0 unspecified atom stereocenters. The number of anilines is 2. The molecule has 0 spiro atoms.